The van der Waals surface area contributed by atoms with E-state index in [4.69, 9.17) is 4.74 Å². The summed E-state index contributed by atoms with van der Waals surface area (Å²) in [4.78, 5) is 0.327. The van der Waals surface area contributed by atoms with Crippen molar-refractivity contribution in [2.45, 2.75) is 51.3 Å². The molecule has 0 radical (unpaired) electrons. The Bertz CT molecular complexity index is 842. The van der Waals surface area contributed by atoms with Gasteiger partial charge in [-0.05, 0) is 37.5 Å². The summed E-state index contributed by atoms with van der Waals surface area (Å²) < 4.78 is 34.3. The third kappa shape index (κ3) is 3.85. The molecule has 0 aliphatic carbocycles. The SMILES string of the molecule is Cc1ccc(C[C@@H]2OC[C@H](C(C)C)N2S(=O)(=O)c2ccc(C)cc2)cc1. The lowest BCUT2D eigenvalue weighted by molar-refractivity contribution is 0.0687. The lowest BCUT2D eigenvalue weighted by atomic mass is 10.1. The number of rotatable bonds is 5. The normalized spacial score (nSPS) is 21.4. The Morgan fingerprint density at radius 3 is 2.08 bits per heavy atom. The lowest BCUT2D eigenvalue weighted by Gasteiger charge is -2.29. The van der Waals surface area contributed by atoms with E-state index in [-0.39, 0.29) is 12.0 Å². The van der Waals surface area contributed by atoms with Crippen LogP contribution >= 0.6 is 0 Å². The molecule has 1 heterocycles. The number of nitrogens with zero attached hydrogens (tertiary/aromatic N) is 1. The van der Waals surface area contributed by atoms with E-state index in [1.165, 1.54) is 5.56 Å². The predicted octanol–water partition coefficient (Wildman–Crippen LogP) is 3.92. The maximum atomic E-state index is 13.4. The molecule has 26 heavy (non-hydrogen) atoms. The van der Waals surface area contributed by atoms with Gasteiger partial charge in [0, 0.05) is 6.42 Å². The van der Waals surface area contributed by atoms with Gasteiger partial charge in [-0.3, -0.25) is 0 Å². The Morgan fingerprint density at radius 1 is 1.00 bits per heavy atom. The van der Waals surface area contributed by atoms with E-state index in [2.05, 4.69) is 0 Å². The quantitative estimate of drug-likeness (QED) is 0.798. The first-order valence-corrected chi connectivity index (χ1v) is 10.5. The van der Waals surface area contributed by atoms with E-state index in [1.807, 2.05) is 64.1 Å². The second-order valence-corrected chi connectivity index (χ2v) is 9.28. The van der Waals surface area contributed by atoms with E-state index in [0.717, 1.165) is 11.1 Å². The molecular formula is C21H27NO3S. The summed E-state index contributed by atoms with van der Waals surface area (Å²) in [7, 11) is -3.62. The molecule has 0 amide bonds. The highest BCUT2D eigenvalue weighted by Gasteiger charge is 2.44. The molecular weight excluding hydrogens is 346 g/mol. The summed E-state index contributed by atoms with van der Waals surface area (Å²) in [6, 6.07) is 15.1. The summed E-state index contributed by atoms with van der Waals surface area (Å²) in [6.45, 7) is 8.50. The van der Waals surface area contributed by atoms with Crippen LogP contribution < -0.4 is 0 Å². The molecule has 0 unspecified atom stereocenters. The Labute approximate surface area is 156 Å². The van der Waals surface area contributed by atoms with Gasteiger partial charge >= 0.3 is 0 Å². The van der Waals surface area contributed by atoms with Crippen molar-refractivity contribution in [1.82, 2.24) is 4.31 Å². The van der Waals surface area contributed by atoms with Crippen LogP contribution in [0.2, 0.25) is 0 Å². The van der Waals surface area contributed by atoms with E-state index >= 15 is 0 Å². The Kier molecular flexibility index (Phi) is 5.51. The molecule has 0 spiro atoms. The Hall–Kier alpha value is -1.69. The predicted molar refractivity (Wildman–Crippen MR) is 103 cm³/mol. The number of hydrogen-bond acceptors (Lipinski definition) is 3. The zero-order valence-electron chi connectivity index (χ0n) is 15.8. The van der Waals surface area contributed by atoms with Gasteiger partial charge < -0.3 is 4.74 Å². The van der Waals surface area contributed by atoms with Crippen LogP contribution in [-0.4, -0.2) is 31.6 Å². The number of hydrogen-bond donors (Lipinski definition) is 0. The van der Waals surface area contributed by atoms with Crippen molar-refractivity contribution in [3.63, 3.8) is 0 Å². The Morgan fingerprint density at radius 2 is 1.54 bits per heavy atom. The number of sulfonamides is 1. The maximum Gasteiger partial charge on any atom is 0.245 e. The smallest absolute Gasteiger partial charge is 0.245 e. The first-order chi connectivity index (χ1) is 12.3. The minimum Gasteiger partial charge on any atom is -0.360 e. The average Bonchev–Trinajstić information content (AvgIpc) is 3.02. The van der Waals surface area contributed by atoms with Crippen LogP contribution in [0.5, 0.6) is 0 Å². The average molecular weight is 374 g/mol. The second kappa shape index (κ2) is 7.51. The van der Waals surface area contributed by atoms with Gasteiger partial charge in [0.15, 0.2) is 0 Å². The van der Waals surface area contributed by atoms with Crippen molar-refractivity contribution in [3.8, 4) is 0 Å². The molecule has 140 valence electrons. The molecule has 2 aromatic carbocycles. The zero-order valence-corrected chi connectivity index (χ0v) is 16.7. The zero-order chi connectivity index (χ0) is 18.9. The highest BCUT2D eigenvalue weighted by molar-refractivity contribution is 7.89. The third-order valence-corrected chi connectivity index (χ3v) is 6.90. The summed E-state index contributed by atoms with van der Waals surface area (Å²) in [5.74, 6) is 0.179. The van der Waals surface area contributed by atoms with Gasteiger partial charge in [-0.2, -0.15) is 4.31 Å². The van der Waals surface area contributed by atoms with Crippen molar-refractivity contribution >= 4 is 10.0 Å². The summed E-state index contributed by atoms with van der Waals surface area (Å²) >= 11 is 0. The minimum absolute atomic E-state index is 0.156. The van der Waals surface area contributed by atoms with E-state index in [9.17, 15) is 8.42 Å². The largest absolute Gasteiger partial charge is 0.360 e. The van der Waals surface area contributed by atoms with Crippen molar-refractivity contribution in [3.05, 3.63) is 65.2 Å². The fourth-order valence-electron chi connectivity index (χ4n) is 3.30. The van der Waals surface area contributed by atoms with Crippen molar-refractivity contribution in [1.29, 1.82) is 0 Å². The van der Waals surface area contributed by atoms with Gasteiger partial charge in [-0.15, -0.1) is 0 Å². The molecule has 2 aromatic rings. The van der Waals surface area contributed by atoms with Crippen LogP contribution in [0.25, 0.3) is 0 Å². The Balaban J connectivity index is 1.94. The molecule has 5 heteroatoms. The van der Waals surface area contributed by atoms with Crippen molar-refractivity contribution in [2.75, 3.05) is 6.61 Å². The molecule has 0 saturated carbocycles. The molecule has 1 fully saturated rings. The summed E-state index contributed by atoms with van der Waals surface area (Å²) in [5, 5.41) is 0. The van der Waals surface area contributed by atoms with Crippen LogP contribution in [0.15, 0.2) is 53.4 Å². The van der Waals surface area contributed by atoms with Crippen LogP contribution in [0.4, 0.5) is 0 Å². The first kappa shape index (κ1) is 19.1. The fourth-order valence-corrected chi connectivity index (χ4v) is 5.13. The molecule has 1 aliphatic rings. The minimum atomic E-state index is -3.62. The number of aryl methyl sites for hydroxylation is 2. The van der Waals surface area contributed by atoms with Gasteiger partial charge in [-0.1, -0.05) is 61.4 Å². The fraction of sp³-hybridized carbons (Fsp3) is 0.429. The molecule has 0 aromatic heterocycles. The van der Waals surface area contributed by atoms with E-state index in [0.29, 0.717) is 17.9 Å². The van der Waals surface area contributed by atoms with Gasteiger partial charge in [0.2, 0.25) is 10.0 Å². The monoisotopic (exact) mass is 373 g/mol. The van der Waals surface area contributed by atoms with Crippen LogP contribution in [-0.2, 0) is 21.2 Å². The van der Waals surface area contributed by atoms with Gasteiger partial charge in [0.1, 0.15) is 6.23 Å². The van der Waals surface area contributed by atoms with E-state index in [1.54, 1.807) is 16.4 Å². The van der Waals surface area contributed by atoms with Crippen LogP contribution in [0.3, 0.4) is 0 Å². The topological polar surface area (TPSA) is 46.6 Å². The third-order valence-electron chi connectivity index (χ3n) is 4.97. The van der Waals surface area contributed by atoms with Crippen LogP contribution in [0, 0.1) is 19.8 Å². The lowest BCUT2D eigenvalue weighted by Crippen LogP contribution is -2.45. The van der Waals surface area contributed by atoms with Crippen molar-refractivity contribution in [2.24, 2.45) is 5.92 Å². The molecule has 1 saturated heterocycles. The first-order valence-electron chi connectivity index (χ1n) is 9.06. The molecule has 4 nitrogen and oxygen atoms in total. The standard InChI is InChI=1S/C21H27NO3S/c1-15(2)20-14-25-21(13-18-9-5-16(3)6-10-18)22(20)26(23,24)19-11-7-17(4)8-12-19/h5-12,15,20-21H,13-14H2,1-4H3/t20-,21+/m1/s1. The molecule has 2 atom stereocenters. The number of benzene rings is 2. The molecule has 0 N–H and O–H groups in total. The van der Waals surface area contributed by atoms with E-state index < -0.39 is 16.3 Å². The van der Waals surface area contributed by atoms with Gasteiger partial charge in [0.05, 0.1) is 17.5 Å². The van der Waals surface area contributed by atoms with Gasteiger partial charge in [0.25, 0.3) is 0 Å². The maximum absolute atomic E-state index is 13.4. The molecule has 1 aliphatic heterocycles. The van der Waals surface area contributed by atoms with Crippen LogP contribution in [0.1, 0.15) is 30.5 Å². The molecule has 0 bridgehead atoms. The highest BCUT2D eigenvalue weighted by Crippen LogP contribution is 2.32. The van der Waals surface area contributed by atoms with Gasteiger partial charge in [-0.25, -0.2) is 8.42 Å². The summed E-state index contributed by atoms with van der Waals surface area (Å²) in [5.41, 5.74) is 3.30. The van der Waals surface area contributed by atoms with Crippen molar-refractivity contribution < 1.29 is 13.2 Å². The summed E-state index contributed by atoms with van der Waals surface area (Å²) in [6.07, 6.45) is 0.0746. The second-order valence-electron chi connectivity index (χ2n) is 7.44. The molecule has 3 rings (SSSR count). The highest BCUT2D eigenvalue weighted by atomic mass is 32.2. The number of ether oxygens (including phenoxy) is 1.